The molecule has 0 amide bonds. The molecule has 0 spiro atoms. The number of aromatic nitrogens is 1. The Bertz CT molecular complexity index is 989. The molecule has 0 saturated carbocycles. The minimum absolute atomic E-state index is 0.0140. The van der Waals surface area contributed by atoms with E-state index < -0.39 is 11.1 Å². The van der Waals surface area contributed by atoms with E-state index in [0.29, 0.717) is 27.3 Å². The van der Waals surface area contributed by atoms with Crippen LogP contribution in [0.2, 0.25) is 0 Å². The van der Waals surface area contributed by atoms with Crippen LogP contribution in [0.1, 0.15) is 0 Å². The number of benzene rings is 2. The van der Waals surface area contributed by atoms with Gasteiger partial charge in [0.2, 0.25) is 0 Å². The highest BCUT2D eigenvalue weighted by molar-refractivity contribution is 6.06. The molecule has 0 radical (unpaired) electrons. The van der Waals surface area contributed by atoms with Gasteiger partial charge in [0.1, 0.15) is 11.5 Å². The summed E-state index contributed by atoms with van der Waals surface area (Å²) >= 11 is 0. The van der Waals surface area contributed by atoms with Crippen LogP contribution in [0.5, 0.6) is 11.5 Å². The second kappa shape index (κ2) is 4.63. The van der Waals surface area contributed by atoms with Crippen LogP contribution in [0.4, 0.5) is 0 Å². The second-order valence-electron chi connectivity index (χ2n) is 4.81. The Hall–Kier alpha value is -2.82. The molecule has 0 bridgehead atoms. The highest BCUT2D eigenvalue weighted by atomic mass is 16.5. The van der Waals surface area contributed by atoms with Gasteiger partial charge in [0.15, 0.2) is 0 Å². The molecule has 0 aliphatic heterocycles. The molecule has 0 aliphatic rings. The van der Waals surface area contributed by atoms with Gasteiger partial charge in [-0.3, -0.25) is 14.2 Å². The van der Waals surface area contributed by atoms with Gasteiger partial charge < -0.3 is 9.84 Å². The van der Waals surface area contributed by atoms with Crippen molar-refractivity contribution in [1.29, 1.82) is 0 Å². The average molecular weight is 283 g/mol. The molecular formula is C16H13NO4. The number of phenolic OH excluding ortho intramolecular Hbond substituents is 1. The molecule has 3 rings (SSSR count). The van der Waals surface area contributed by atoms with Crippen molar-refractivity contribution in [1.82, 2.24) is 4.57 Å². The van der Waals surface area contributed by atoms with Gasteiger partial charge in [0, 0.05) is 7.05 Å². The van der Waals surface area contributed by atoms with E-state index in [-0.39, 0.29) is 5.75 Å². The molecule has 2 aromatic carbocycles. The van der Waals surface area contributed by atoms with Crippen LogP contribution in [-0.2, 0) is 7.05 Å². The third-order valence-corrected chi connectivity index (χ3v) is 3.59. The summed E-state index contributed by atoms with van der Waals surface area (Å²) in [6.45, 7) is 0. The monoisotopic (exact) mass is 283 g/mol. The Labute approximate surface area is 119 Å². The molecule has 0 atom stereocenters. The minimum atomic E-state index is -0.443. The van der Waals surface area contributed by atoms with Crippen LogP contribution < -0.4 is 15.9 Å². The number of nitrogens with zero attached hydrogens (tertiary/aromatic N) is 1. The number of ether oxygens (including phenoxy) is 1. The van der Waals surface area contributed by atoms with Crippen molar-refractivity contribution in [3.05, 3.63) is 57.1 Å². The first-order valence-electron chi connectivity index (χ1n) is 6.36. The van der Waals surface area contributed by atoms with E-state index in [2.05, 4.69) is 0 Å². The van der Waals surface area contributed by atoms with Gasteiger partial charge in [0.05, 0.1) is 17.9 Å². The molecule has 3 aromatic rings. The molecular weight excluding hydrogens is 270 g/mol. The number of hydrogen-bond donors (Lipinski definition) is 1. The number of methoxy groups -OCH3 is 1. The van der Waals surface area contributed by atoms with Crippen molar-refractivity contribution in [2.45, 2.75) is 0 Å². The lowest BCUT2D eigenvalue weighted by Gasteiger charge is -2.01. The van der Waals surface area contributed by atoms with Gasteiger partial charge in [-0.25, -0.2) is 0 Å². The van der Waals surface area contributed by atoms with Crippen molar-refractivity contribution in [3.8, 4) is 11.5 Å². The number of phenols is 1. The summed E-state index contributed by atoms with van der Waals surface area (Å²) in [6, 6.07) is 9.60. The van der Waals surface area contributed by atoms with Gasteiger partial charge in [-0.2, -0.15) is 0 Å². The van der Waals surface area contributed by atoms with Gasteiger partial charge in [-0.1, -0.05) is 0 Å². The number of aromatic hydroxyl groups is 1. The van der Waals surface area contributed by atoms with Crippen LogP contribution in [0.15, 0.2) is 46.0 Å². The first kappa shape index (κ1) is 13.2. The molecule has 1 heterocycles. The van der Waals surface area contributed by atoms with Crippen molar-refractivity contribution in [3.63, 3.8) is 0 Å². The first-order chi connectivity index (χ1) is 10.0. The van der Waals surface area contributed by atoms with Gasteiger partial charge >= 0.3 is 0 Å². The summed E-state index contributed by atoms with van der Waals surface area (Å²) in [5, 5.41) is 11.6. The van der Waals surface area contributed by atoms with Crippen LogP contribution >= 0.6 is 0 Å². The first-order valence-corrected chi connectivity index (χ1v) is 6.36. The molecule has 1 aromatic heterocycles. The van der Waals surface area contributed by atoms with E-state index in [4.69, 9.17) is 4.74 Å². The zero-order valence-electron chi connectivity index (χ0n) is 11.6. The molecule has 0 aliphatic carbocycles. The lowest BCUT2D eigenvalue weighted by atomic mass is 10.1. The van der Waals surface area contributed by atoms with Crippen molar-refractivity contribution >= 4 is 21.5 Å². The summed E-state index contributed by atoms with van der Waals surface area (Å²) in [6.07, 6.45) is 0. The predicted octanol–water partition coefficient (Wildman–Crippen LogP) is 1.77. The fourth-order valence-electron chi connectivity index (χ4n) is 2.46. The largest absolute Gasteiger partial charge is 0.508 e. The molecule has 5 nitrogen and oxygen atoms in total. The molecule has 1 N–H and O–H groups in total. The van der Waals surface area contributed by atoms with Crippen LogP contribution in [0.25, 0.3) is 21.5 Å². The lowest BCUT2D eigenvalue weighted by Crippen LogP contribution is -2.26. The van der Waals surface area contributed by atoms with E-state index in [1.54, 1.807) is 24.3 Å². The predicted molar refractivity (Wildman–Crippen MR) is 81.2 cm³/mol. The van der Waals surface area contributed by atoms with E-state index in [1.165, 1.54) is 26.3 Å². The van der Waals surface area contributed by atoms with Crippen molar-refractivity contribution in [2.24, 2.45) is 7.05 Å². The number of rotatable bonds is 1. The van der Waals surface area contributed by atoms with E-state index in [0.717, 1.165) is 4.57 Å². The maximum Gasteiger partial charge on any atom is 0.261 e. The fraction of sp³-hybridized carbons (Fsp3) is 0.125. The third kappa shape index (κ3) is 1.94. The Morgan fingerprint density at radius 3 is 2.10 bits per heavy atom. The Balaban J connectivity index is 2.72. The number of fused-ring (bicyclic) bond motifs is 3. The van der Waals surface area contributed by atoms with Gasteiger partial charge in [0.25, 0.3) is 11.1 Å². The molecule has 21 heavy (non-hydrogen) atoms. The molecule has 0 fully saturated rings. The Morgan fingerprint density at radius 1 is 0.905 bits per heavy atom. The Kier molecular flexibility index (Phi) is 2.90. The van der Waals surface area contributed by atoms with Gasteiger partial charge in [-0.15, -0.1) is 0 Å². The lowest BCUT2D eigenvalue weighted by molar-refractivity contribution is 0.415. The number of hydrogen-bond acceptors (Lipinski definition) is 4. The summed E-state index contributed by atoms with van der Waals surface area (Å²) in [7, 11) is 2.94. The fourth-order valence-corrected chi connectivity index (χ4v) is 2.46. The minimum Gasteiger partial charge on any atom is -0.508 e. The zero-order valence-corrected chi connectivity index (χ0v) is 11.6. The van der Waals surface area contributed by atoms with E-state index >= 15 is 0 Å². The molecule has 106 valence electrons. The third-order valence-electron chi connectivity index (χ3n) is 3.59. The normalized spacial score (nSPS) is 11.0. The summed E-state index contributed by atoms with van der Waals surface area (Å²) in [5.74, 6) is 0.532. The van der Waals surface area contributed by atoms with Gasteiger partial charge in [-0.05, 0) is 47.2 Å². The summed E-state index contributed by atoms with van der Waals surface area (Å²) in [5.41, 5.74) is -0.842. The zero-order chi connectivity index (χ0) is 15.1. The van der Waals surface area contributed by atoms with Crippen LogP contribution in [0.3, 0.4) is 0 Å². The average Bonchev–Trinajstić information content (AvgIpc) is 2.58. The smallest absolute Gasteiger partial charge is 0.261 e. The van der Waals surface area contributed by atoms with Crippen LogP contribution in [-0.4, -0.2) is 16.8 Å². The highest BCUT2D eigenvalue weighted by Gasteiger charge is 2.10. The summed E-state index contributed by atoms with van der Waals surface area (Å²) < 4.78 is 6.19. The topological polar surface area (TPSA) is 68.5 Å². The van der Waals surface area contributed by atoms with Crippen molar-refractivity contribution in [2.75, 3.05) is 7.11 Å². The molecule has 0 unspecified atom stereocenters. The second-order valence-corrected chi connectivity index (χ2v) is 4.81. The van der Waals surface area contributed by atoms with Crippen LogP contribution in [0, 0.1) is 0 Å². The van der Waals surface area contributed by atoms with Crippen molar-refractivity contribution < 1.29 is 9.84 Å². The maximum absolute atomic E-state index is 12.5. The Morgan fingerprint density at radius 2 is 1.48 bits per heavy atom. The quantitative estimate of drug-likeness (QED) is 0.739. The van der Waals surface area contributed by atoms with E-state index in [9.17, 15) is 14.7 Å². The highest BCUT2D eigenvalue weighted by Crippen LogP contribution is 2.25. The molecule has 0 saturated heterocycles. The van der Waals surface area contributed by atoms with E-state index in [1.807, 2.05) is 0 Å². The standard InChI is InChI=1S/C16H13NO4/c1-17-15(19)13-7-9(18)3-5-11(13)12-6-4-10(21-2)8-14(12)16(17)20/h3-8,18H,1-2H3. The molecule has 5 heteroatoms. The maximum atomic E-state index is 12.5. The summed E-state index contributed by atoms with van der Waals surface area (Å²) in [4.78, 5) is 24.8. The SMILES string of the molecule is COc1ccc2c(c1)c(=O)n(C)c(=O)c1cc(O)ccc12.